The summed E-state index contributed by atoms with van der Waals surface area (Å²) in [4.78, 5) is 22.8. The molecule has 0 radical (unpaired) electrons. The van der Waals surface area contributed by atoms with Crippen molar-refractivity contribution in [3.8, 4) is 5.75 Å². The van der Waals surface area contributed by atoms with Crippen LogP contribution in [0.4, 0.5) is 11.4 Å². The number of phenols is 1. The third-order valence-corrected chi connectivity index (χ3v) is 2.54. The van der Waals surface area contributed by atoms with Crippen molar-refractivity contribution in [1.82, 2.24) is 0 Å². The number of carbonyl (C=O) groups excluding carboxylic acids is 1. The zero-order valence-corrected chi connectivity index (χ0v) is 8.42. The normalized spacial score (nSPS) is 15.5. The Kier molecular flexibility index (Phi) is 2.47. The van der Waals surface area contributed by atoms with Gasteiger partial charge in [0, 0.05) is 30.8 Å². The summed E-state index contributed by atoms with van der Waals surface area (Å²) in [6, 6.07) is 3.93. The Morgan fingerprint density at radius 3 is 2.69 bits per heavy atom. The molecule has 16 heavy (non-hydrogen) atoms. The molecule has 0 atom stereocenters. The Morgan fingerprint density at radius 2 is 2.19 bits per heavy atom. The van der Waals surface area contributed by atoms with Crippen molar-refractivity contribution >= 4 is 17.3 Å². The number of carbonyl (C=O) groups is 1. The molecule has 1 aliphatic heterocycles. The van der Waals surface area contributed by atoms with Crippen molar-refractivity contribution in [2.75, 3.05) is 11.4 Å². The first kappa shape index (κ1) is 10.4. The Balaban J connectivity index is 2.34. The van der Waals surface area contributed by atoms with Crippen LogP contribution in [0.5, 0.6) is 5.75 Å². The highest BCUT2D eigenvalue weighted by Gasteiger charge is 2.23. The van der Waals surface area contributed by atoms with Crippen molar-refractivity contribution in [3.05, 3.63) is 28.3 Å². The topological polar surface area (TPSA) is 83.7 Å². The molecule has 1 aliphatic rings. The molecule has 1 saturated heterocycles. The van der Waals surface area contributed by atoms with Crippen LogP contribution in [-0.4, -0.2) is 22.5 Å². The van der Waals surface area contributed by atoms with E-state index in [0.717, 1.165) is 6.42 Å². The summed E-state index contributed by atoms with van der Waals surface area (Å²) in [7, 11) is 0. The van der Waals surface area contributed by atoms with Crippen molar-refractivity contribution < 1.29 is 14.8 Å². The van der Waals surface area contributed by atoms with Gasteiger partial charge in [0.2, 0.25) is 5.91 Å². The van der Waals surface area contributed by atoms with E-state index in [-0.39, 0.29) is 11.6 Å². The summed E-state index contributed by atoms with van der Waals surface area (Å²) in [5.74, 6) is -0.435. The van der Waals surface area contributed by atoms with Crippen LogP contribution in [-0.2, 0) is 4.79 Å². The van der Waals surface area contributed by atoms with Gasteiger partial charge < -0.3 is 10.0 Å². The summed E-state index contributed by atoms with van der Waals surface area (Å²) in [6.07, 6.45) is 1.26. The van der Waals surface area contributed by atoms with Gasteiger partial charge in [0.15, 0.2) is 5.75 Å². The molecule has 1 aromatic carbocycles. The fraction of sp³-hybridized carbons (Fsp3) is 0.300. The predicted octanol–water partition coefficient (Wildman–Crippen LogP) is 1.43. The third kappa shape index (κ3) is 1.69. The van der Waals surface area contributed by atoms with Crippen molar-refractivity contribution in [2.45, 2.75) is 12.8 Å². The number of benzene rings is 1. The first-order valence-electron chi connectivity index (χ1n) is 4.87. The number of hydrogen-bond donors (Lipinski definition) is 1. The minimum Gasteiger partial charge on any atom is -0.502 e. The molecule has 1 aromatic rings. The van der Waals surface area contributed by atoms with E-state index >= 15 is 0 Å². The summed E-state index contributed by atoms with van der Waals surface area (Å²) in [5.41, 5.74) is 0.154. The minimum absolute atomic E-state index is 0.0201. The average Bonchev–Trinajstić information content (AvgIpc) is 2.63. The Morgan fingerprint density at radius 1 is 1.44 bits per heavy atom. The van der Waals surface area contributed by atoms with Crippen LogP contribution >= 0.6 is 0 Å². The highest BCUT2D eigenvalue weighted by Crippen LogP contribution is 2.31. The molecule has 2 rings (SSSR count). The van der Waals surface area contributed by atoms with E-state index in [4.69, 9.17) is 0 Å². The maximum atomic E-state index is 11.4. The Labute approximate surface area is 91.3 Å². The van der Waals surface area contributed by atoms with Gasteiger partial charge in [-0.1, -0.05) is 0 Å². The lowest BCUT2D eigenvalue weighted by Gasteiger charge is -2.15. The van der Waals surface area contributed by atoms with Crippen molar-refractivity contribution in [2.24, 2.45) is 0 Å². The second-order valence-electron chi connectivity index (χ2n) is 3.58. The number of rotatable bonds is 2. The number of amides is 1. The lowest BCUT2D eigenvalue weighted by atomic mass is 10.2. The van der Waals surface area contributed by atoms with Crippen LogP contribution in [0.15, 0.2) is 18.2 Å². The van der Waals surface area contributed by atoms with Gasteiger partial charge in [-0.2, -0.15) is 0 Å². The molecule has 1 fully saturated rings. The number of anilines is 1. The number of nitro benzene ring substituents is 1. The largest absolute Gasteiger partial charge is 0.502 e. The van der Waals surface area contributed by atoms with E-state index in [9.17, 15) is 20.0 Å². The van der Waals surface area contributed by atoms with Crippen LogP contribution in [0.2, 0.25) is 0 Å². The van der Waals surface area contributed by atoms with Gasteiger partial charge in [0.1, 0.15) is 0 Å². The number of phenolic OH excluding ortho intramolecular Hbond substituents is 1. The predicted molar refractivity (Wildman–Crippen MR) is 56.3 cm³/mol. The fourth-order valence-corrected chi connectivity index (χ4v) is 1.76. The first-order chi connectivity index (χ1) is 7.59. The molecular weight excluding hydrogens is 212 g/mol. The van der Waals surface area contributed by atoms with Gasteiger partial charge in [0.25, 0.3) is 0 Å². The van der Waals surface area contributed by atoms with Gasteiger partial charge in [-0.15, -0.1) is 0 Å². The average molecular weight is 222 g/mol. The summed E-state index contributed by atoms with van der Waals surface area (Å²) >= 11 is 0. The van der Waals surface area contributed by atoms with Crippen molar-refractivity contribution in [3.63, 3.8) is 0 Å². The highest BCUT2D eigenvalue weighted by molar-refractivity contribution is 5.95. The van der Waals surface area contributed by atoms with Crippen LogP contribution in [0, 0.1) is 10.1 Å². The molecule has 0 aromatic heterocycles. The molecule has 84 valence electrons. The third-order valence-electron chi connectivity index (χ3n) is 2.54. The molecule has 0 spiro atoms. The monoisotopic (exact) mass is 222 g/mol. The number of hydrogen-bond acceptors (Lipinski definition) is 4. The molecule has 0 saturated carbocycles. The van der Waals surface area contributed by atoms with Crippen molar-refractivity contribution in [1.29, 1.82) is 0 Å². The lowest BCUT2D eigenvalue weighted by molar-refractivity contribution is -0.385. The molecule has 6 nitrogen and oxygen atoms in total. The zero-order chi connectivity index (χ0) is 11.7. The van der Waals surface area contributed by atoms with Crippen LogP contribution in [0.25, 0.3) is 0 Å². The SMILES string of the molecule is O=C1CCCN1c1ccc([N+](=O)[O-])c(O)c1. The Hall–Kier alpha value is -2.11. The van der Waals surface area contributed by atoms with Gasteiger partial charge >= 0.3 is 5.69 Å². The second-order valence-corrected chi connectivity index (χ2v) is 3.58. The Bertz CT molecular complexity index is 458. The van der Waals surface area contributed by atoms with Crippen LogP contribution in [0.1, 0.15) is 12.8 Å². The number of nitro groups is 1. The smallest absolute Gasteiger partial charge is 0.310 e. The molecule has 1 N–H and O–H groups in total. The molecule has 1 amide bonds. The van der Waals surface area contributed by atoms with Gasteiger partial charge in [0.05, 0.1) is 4.92 Å². The maximum absolute atomic E-state index is 11.4. The lowest BCUT2D eigenvalue weighted by Crippen LogP contribution is -2.23. The van der Waals surface area contributed by atoms with E-state index in [1.54, 1.807) is 0 Å². The maximum Gasteiger partial charge on any atom is 0.310 e. The van der Waals surface area contributed by atoms with Gasteiger partial charge in [-0.25, -0.2) is 0 Å². The summed E-state index contributed by atoms with van der Waals surface area (Å²) < 4.78 is 0. The van der Waals surface area contributed by atoms with Crippen LogP contribution < -0.4 is 4.90 Å². The quantitative estimate of drug-likeness (QED) is 0.606. The van der Waals surface area contributed by atoms with Crippen LogP contribution in [0.3, 0.4) is 0 Å². The zero-order valence-electron chi connectivity index (χ0n) is 8.42. The number of aromatic hydroxyl groups is 1. The summed E-state index contributed by atoms with van der Waals surface area (Å²) in [5, 5.41) is 19.9. The molecule has 1 heterocycles. The van der Waals surface area contributed by atoms with E-state index in [2.05, 4.69) is 0 Å². The minimum atomic E-state index is -0.662. The van der Waals surface area contributed by atoms with Gasteiger partial charge in [-0.3, -0.25) is 14.9 Å². The second kappa shape index (κ2) is 3.80. The fourth-order valence-electron chi connectivity index (χ4n) is 1.76. The van der Waals surface area contributed by atoms with E-state index in [0.29, 0.717) is 18.7 Å². The molecule has 6 heteroatoms. The molecule has 0 aliphatic carbocycles. The first-order valence-corrected chi connectivity index (χ1v) is 4.87. The number of nitrogens with zero attached hydrogens (tertiary/aromatic N) is 2. The van der Waals surface area contributed by atoms with E-state index < -0.39 is 10.7 Å². The molecule has 0 unspecified atom stereocenters. The van der Waals surface area contributed by atoms with E-state index in [1.165, 1.54) is 23.1 Å². The molecular formula is C10H10N2O4. The van der Waals surface area contributed by atoms with Gasteiger partial charge in [-0.05, 0) is 12.5 Å². The highest BCUT2D eigenvalue weighted by atomic mass is 16.6. The van der Waals surface area contributed by atoms with E-state index in [1.807, 2.05) is 0 Å². The molecule has 0 bridgehead atoms. The summed E-state index contributed by atoms with van der Waals surface area (Å²) in [6.45, 7) is 0.593. The standard InChI is InChI=1S/C10H10N2O4/c13-9-6-7(3-4-8(9)12(15)16)11-5-1-2-10(11)14/h3-4,6,13H,1-2,5H2.